The highest BCUT2D eigenvalue weighted by molar-refractivity contribution is 7.09. The number of carbonyl (C=O) groups is 1. The Balaban J connectivity index is 2.57. The van der Waals surface area contributed by atoms with Crippen LogP contribution in [0, 0.1) is 0 Å². The third-order valence-corrected chi connectivity index (χ3v) is 4.06. The average Bonchev–Trinajstić information content (AvgIpc) is 2.77. The normalized spacial score (nSPS) is 12.8. The van der Waals surface area contributed by atoms with Crippen LogP contribution in [-0.4, -0.2) is 40.6 Å². The van der Waals surface area contributed by atoms with Gasteiger partial charge in [-0.15, -0.1) is 11.3 Å². The first kappa shape index (κ1) is 16.1. The molecule has 0 fully saturated rings. The third kappa shape index (κ3) is 5.70. The van der Waals surface area contributed by atoms with Gasteiger partial charge in [0.25, 0.3) is 0 Å². The SMILES string of the molecule is CCCN(CCC)CC(C)c1nc(CC(=O)O)cs1. The highest BCUT2D eigenvalue weighted by Gasteiger charge is 2.15. The zero-order chi connectivity index (χ0) is 14.3. The predicted octanol–water partition coefficient (Wildman–Crippen LogP) is 3.00. The summed E-state index contributed by atoms with van der Waals surface area (Å²) in [5.41, 5.74) is 0.678. The van der Waals surface area contributed by atoms with E-state index in [9.17, 15) is 4.79 Å². The Bertz CT molecular complexity index is 387. The van der Waals surface area contributed by atoms with Crippen molar-refractivity contribution in [3.8, 4) is 0 Å². The summed E-state index contributed by atoms with van der Waals surface area (Å²) in [6, 6.07) is 0. The Hall–Kier alpha value is -0.940. The van der Waals surface area contributed by atoms with E-state index in [0.29, 0.717) is 11.6 Å². The number of carboxylic acids is 1. The molecule has 1 atom stereocenters. The molecule has 1 aromatic heterocycles. The van der Waals surface area contributed by atoms with E-state index >= 15 is 0 Å². The lowest BCUT2D eigenvalue weighted by Gasteiger charge is -2.23. The van der Waals surface area contributed by atoms with Crippen LogP contribution in [0.1, 0.15) is 50.2 Å². The summed E-state index contributed by atoms with van der Waals surface area (Å²) >= 11 is 1.58. The third-order valence-electron chi connectivity index (χ3n) is 2.94. The van der Waals surface area contributed by atoms with Crippen molar-refractivity contribution >= 4 is 17.3 Å². The predicted molar refractivity (Wildman–Crippen MR) is 78.9 cm³/mol. The molecule has 4 nitrogen and oxygen atoms in total. The van der Waals surface area contributed by atoms with Crippen LogP contribution >= 0.6 is 11.3 Å². The fraction of sp³-hybridized carbons (Fsp3) is 0.714. The van der Waals surface area contributed by atoms with Gasteiger partial charge in [0.1, 0.15) is 0 Å². The second-order valence-corrected chi connectivity index (χ2v) is 5.84. The van der Waals surface area contributed by atoms with Gasteiger partial charge in [0.2, 0.25) is 0 Å². The molecule has 1 rings (SSSR count). The fourth-order valence-corrected chi connectivity index (χ4v) is 3.05. The Morgan fingerprint density at radius 2 is 2.05 bits per heavy atom. The number of nitrogens with zero attached hydrogens (tertiary/aromatic N) is 2. The van der Waals surface area contributed by atoms with Crippen molar-refractivity contribution in [3.05, 3.63) is 16.1 Å². The fourth-order valence-electron chi connectivity index (χ4n) is 2.18. The van der Waals surface area contributed by atoms with E-state index in [1.165, 1.54) is 0 Å². The molecule has 108 valence electrons. The zero-order valence-electron chi connectivity index (χ0n) is 12.1. The second-order valence-electron chi connectivity index (χ2n) is 4.95. The van der Waals surface area contributed by atoms with Crippen molar-refractivity contribution in [2.75, 3.05) is 19.6 Å². The topological polar surface area (TPSA) is 53.4 Å². The Labute approximate surface area is 119 Å². The molecule has 0 aliphatic carbocycles. The first-order chi connectivity index (χ1) is 9.06. The van der Waals surface area contributed by atoms with Crippen molar-refractivity contribution in [1.82, 2.24) is 9.88 Å². The standard InChI is InChI=1S/C14H24N2O2S/c1-4-6-16(7-5-2)9-11(3)14-15-12(10-19-14)8-13(17)18/h10-11H,4-9H2,1-3H3,(H,17,18). The number of thiazole rings is 1. The minimum Gasteiger partial charge on any atom is -0.481 e. The molecule has 5 heteroatoms. The molecule has 19 heavy (non-hydrogen) atoms. The molecule has 0 spiro atoms. The van der Waals surface area contributed by atoms with Crippen LogP contribution in [-0.2, 0) is 11.2 Å². The van der Waals surface area contributed by atoms with Crippen LogP contribution in [0.4, 0.5) is 0 Å². The van der Waals surface area contributed by atoms with Gasteiger partial charge < -0.3 is 10.0 Å². The van der Waals surface area contributed by atoms with E-state index in [0.717, 1.165) is 37.5 Å². The summed E-state index contributed by atoms with van der Waals surface area (Å²) in [7, 11) is 0. The maximum absolute atomic E-state index is 10.7. The maximum atomic E-state index is 10.7. The van der Waals surface area contributed by atoms with Gasteiger partial charge in [0, 0.05) is 17.8 Å². The Morgan fingerprint density at radius 1 is 1.42 bits per heavy atom. The largest absolute Gasteiger partial charge is 0.481 e. The highest BCUT2D eigenvalue weighted by atomic mass is 32.1. The Kier molecular flexibility index (Phi) is 7.02. The number of aromatic nitrogens is 1. The van der Waals surface area contributed by atoms with E-state index in [1.54, 1.807) is 11.3 Å². The smallest absolute Gasteiger partial charge is 0.309 e. The molecule has 0 aromatic carbocycles. The molecule has 1 unspecified atom stereocenters. The lowest BCUT2D eigenvalue weighted by atomic mass is 10.1. The summed E-state index contributed by atoms with van der Waals surface area (Å²) < 4.78 is 0. The number of hydrogen-bond acceptors (Lipinski definition) is 4. The summed E-state index contributed by atoms with van der Waals surface area (Å²) in [6.45, 7) is 9.80. The van der Waals surface area contributed by atoms with Gasteiger partial charge >= 0.3 is 5.97 Å². The van der Waals surface area contributed by atoms with Gasteiger partial charge in [-0.3, -0.25) is 4.79 Å². The molecule has 1 heterocycles. The van der Waals surface area contributed by atoms with Crippen LogP contribution in [0.5, 0.6) is 0 Å². The van der Waals surface area contributed by atoms with Crippen LogP contribution in [0.15, 0.2) is 5.38 Å². The molecule has 0 saturated carbocycles. The highest BCUT2D eigenvalue weighted by Crippen LogP contribution is 2.21. The summed E-state index contributed by atoms with van der Waals surface area (Å²) in [6.07, 6.45) is 2.35. The van der Waals surface area contributed by atoms with Gasteiger partial charge in [-0.1, -0.05) is 20.8 Å². The molecule has 0 amide bonds. The first-order valence-corrected chi connectivity index (χ1v) is 7.83. The van der Waals surface area contributed by atoms with Crippen molar-refractivity contribution in [2.24, 2.45) is 0 Å². The lowest BCUT2D eigenvalue weighted by molar-refractivity contribution is -0.136. The molecule has 0 aliphatic heterocycles. The monoisotopic (exact) mass is 284 g/mol. The van der Waals surface area contributed by atoms with E-state index in [1.807, 2.05) is 5.38 Å². The zero-order valence-corrected chi connectivity index (χ0v) is 12.9. The van der Waals surface area contributed by atoms with Gasteiger partial charge in [-0.05, 0) is 25.9 Å². The van der Waals surface area contributed by atoms with Gasteiger partial charge in [-0.25, -0.2) is 4.98 Å². The van der Waals surface area contributed by atoms with Crippen molar-refractivity contribution in [1.29, 1.82) is 0 Å². The van der Waals surface area contributed by atoms with Crippen LogP contribution < -0.4 is 0 Å². The van der Waals surface area contributed by atoms with Crippen molar-refractivity contribution in [2.45, 2.75) is 46.0 Å². The number of carboxylic acid groups (broad SMARTS) is 1. The van der Waals surface area contributed by atoms with Crippen LogP contribution in [0.25, 0.3) is 0 Å². The molecule has 1 aromatic rings. The summed E-state index contributed by atoms with van der Waals surface area (Å²) in [4.78, 5) is 17.5. The minimum absolute atomic E-state index is 0.0247. The molecule has 1 N–H and O–H groups in total. The van der Waals surface area contributed by atoms with E-state index in [-0.39, 0.29) is 6.42 Å². The number of hydrogen-bond donors (Lipinski definition) is 1. The van der Waals surface area contributed by atoms with Gasteiger partial charge in [-0.2, -0.15) is 0 Å². The van der Waals surface area contributed by atoms with Crippen LogP contribution in [0.2, 0.25) is 0 Å². The molecule has 0 radical (unpaired) electrons. The van der Waals surface area contributed by atoms with Crippen LogP contribution in [0.3, 0.4) is 0 Å². The second kappa shape index (κ2) is 8.27. The molecule has 0 bridgehead atoms. The molecule has 0 saturated heterocycles. The summed E-state index contributed by atoms with van der Waals surface area (Å²) in [5, 5.41) is 11.7. The molecule has 0 aliphatic rings. The minimum atomic E-state index is -0.817. The maximum Gasteiger partial charge on any atom is 0.309 e. The molecular formula is C14H24N2O2S. The van der Waals surface area contributed by atoms with Gasteiger partial charge in [0.05, 0.1) is 17.1 Å². The van der Waals surface area contributed by atoms with Crippen molar-refractivity contribution in [3.63, 3.8) is 0 Å². The van der Waals surface area contributed by atoms with E-state index in [2.05, 4.69) is 30.7 Å². The van der Waals surface area contributed by atoms with E-state index < -0.39 is 5.97 Å². The quantitative estimate of drug-likeness (QED) is 0.757. The summed E-state index contributed by atoms with van der Waals surface area (Å²) in [5.74, 6) is -0.450. The average molecular weight is 284 g/mol. The van der Waals surface area contributed by atoms with Crippen molar-refractivity contribution < 1.29 is 9.90 Å². The molecular weight excluding hydrogens is 260 g/mol. The number of rotatable bonds is 9. The van der Waals surface area contributed by atoms with E-state index in [4.69, 9.17) is 5.11 Å². The van der Waals surface area contributed by atoms with Gasteiger partial charge in [0.15, 0.2) is 0 Å². The number of aliphatic carboxylic acids is 1. The lowest BCUT2D eigenvalue weighted by Crippen LogP contribution is -2.29. The first-order valence-electron chi connectivity index (χ1n) is 6.95. The Morgan fingerprint density at radius 3 is 2.58 bits per heavy atom.